The Hall–Kier alpha value is -3.71. The van der Waals surface area contributed by atoms with Gasteiger partial charge in [0, 0.05) is 25.8 Å². The number of rotatable bonds is 7. The third-order valence-corrected chi connectivity index (χ3v) is 6.24. The number of aromatic nitrogens is 5. The van der Waals surface area contributed by atoms with Crippen LogP contribution in [0.2, 0.25) is 0 Å². The number of imidazole rings is 1. The number of aryl methyl sites for hydroxylation is 2. The number of hydrogen-bond donors (Lipinski definition) is 0. The molecule has 0 saturated heterocycles. The van der Waals surface area contributed by atoms with Crippen molar-refractivity contribution in [3.8, 4) is 11.4 Å². The van der Waals surface area contributed by atoms with E-state index in [1.807, 2.05) is 42.0 Å². The van der Waals surface area contributed by atoms with Crippen LogP contribution < -0.4 is 4.74 Å². The molecule has 7 heteroatoms. The molecule has 7 nitrogen and oxygen atoms in total. The lowest BCUT2D eigenvalue weighted by Gasteiger charge is -2.24. The van der Waals surface area contributed by atoms with Gasteiger partial charge in [-0.1, -0.05) is 36.4 Å². The first-order valence-electron chi connectivity index (χ1n) is 11.5. The van der Waals surface area contributed by atoms with Crippen LogP contribution in [0.5, 0.6) is 5.75 Å². The Kier molecular flexibility index (Phi) is 6.27. The highest BCUT2D eigenvalue weighted by atomic mass is 16.5. The summed E-state index contributed by atoms with van der Waals surface area (Å²) in [7, 11) is 3.42. The summed E-state index contributed by atoms with van der Waals surface area (Å²) in [4.78, 5) is 9.23. The second kappa shape index (κ2) is 9.65. The Morgan fingerprint density at radius 1 is 1.12 bits per heavy atom. The van der Waals surface area contributed by atoms with Crippen LogP contribution in [0.15, 0.2) is 55.0 Å². The van der Waals surface area contributed by atoms with Gasteiger partial charge in [0.2, 0.25) is 0 Å². The van der Waals surface area contributed by atoms with Gasteiger partial charge >= 0.3 is 0 Å². The van der Waals surface area contributed by atoms with E-state index in [2.05, 4.69) is 40.0 Å². The van der Waals surface area contributed by atoms with E-state index in [-0.39, 0.29) is 5.92 Å². The fourth-order valence-corrected chi connectivity index (χ4v) is 4.63. The van der Waals surface area contributed by atoms with Gasteiger partial charge in [0.1, 0.15) is 11.6 Å². The van der Waals surface area contributed by atoms with Crippen LogP contribution in [0, 0.1) is 6.92 Å². The molecule has 1 atom stereocenters. The highest BCUT2D eigenvalue weighted by molar-refractivity contribution is 5.69. The van der Waals surface area contributed by atoms with Crippen molar-refractivity contribution in [3.63, 3.8) is 0 Å². The number of benzene rings is 2. The fourth-order valence-electron chi connectivity index (χ4n) is 4.63. The van der Waals surface area contributed by atoms with Crippen molar-refractivity contribution in [1.29, 1.82) is 0 Å². The number of hydrogen-bond acceptors (Lipinski definition) is 5. The molecule has 3 heterocycles. The van der Waals surface area contributed by atoms with Gasteiger partial charge in [0.15, 0.2) is 5.82 Å². The van der Waals surface area contributed by atoms with E-state index in [1.54, 1.807) is 20.5 Å². The largest absolute Gasteiger partial charge is 0.495 e. The molecule has 2 aromatic carbocycles. The van der Waals surface area contributed by atoms with Crippen LogP contribution in [0.3, 0.4) is 0 Å². The number of nitrogens with zero attached hydrogens (tertiary/aromatic N) is 5. The molecule has 0 bridgehead atoms. The number of fused-ring (bicyclic) bond motifs is 1. The minimum absolute atomic E-state index is 0.229. The standard InChI is InChI=1S/C27H29N5O2/c1-19-16-31(18-28-19)24-12-10-20(15-25(24)34-3)11-13-26-29-27-23(9-6-14-32(27)30-26)22-8-5-4-7-21(22)17-33-2/h4-5,7-8,10-13,15-16,18,23H,6,9,14,17H2,1-3H3/b13-11+/t23-/m0/s1. The molecule has 0 unspecified atom stereocenters. The van der Waals surface area contributed by atoms with Crippen LogP contribution in [0.1, 0.15) is 52.8 Å². The van der Waals surface area contributed by atoms with Crippen molar-refractivity contribution in [3.05, 3.63) is 89.0 Å². The lowest BCUT2D eigenvalue weighted by molar-refractivity contribution is 0.183. The molecular formula is C27H29N5O2. The Bertz CT molecular complexity index is 1320. The first-order valence-corrected chi connectivity index (χ1v) is 11.5. The zero-order valence-corrected chi connectivity index (χ0v) is 19.8. The van der Waals surface area contributed by atoms with Crippen LogP contribution in [-0.4, -0.2) is 38.5 Å². The summed E-state index contributed by atoms with van der Waals surface area (Å²) in [5.41, 5.74) is 5.43. The normalized spacial score (nSPS) is 15.6. The molecule has 0 N–H and O–H groups in total. The average Bonchev–Trinajstić information content (AvgIpc) is 3.49. The molecule has 0 radical (unpaired) electrons. The van der Waals surface area contributed by atoms with Crippen molar-refractivity contribution in [2.75, 3.05) is 14.2 Å². The van der Waals surface area contributed by atoms with Crippen molar-refractivity contribution < 1.29 is 9.47 Å². The van der Waals surface area contributed by atoms with E-state index in [0.29, 0.717) is 6.61 Å². The number of ether oxygens (including phenoxy) is 2. The molecule has 0 fully saturated rings. The molecular weight excluding hydrogens is 426 g/mol. The molecule has 0 aliphatic carbocycles. The molecule has 2 aromatic heterocycles. The van der Waals surface area contributed by atoms with E-state index in [1.165, 1.54) is 11.1 Å². The minimum Gasteiger partial charge on any atom is -0.495 e. The van der Waals surface area contributed by atoms with Crippen LogP contribution in [0.4, 0.5) is 0 Å². The average molecular weight is 456 g/mol. The van der Waals surface area contributed by atoms with Gasteiger partial charge in [0.05, 0.1) is 31.4 Å². The highest BCUT2D eigenvalue weighted by Crippen LogP contribution is 2.34. The van der Waals surface area contributed by atoms with Crippen LogP contribution in [-0.2, 0) is 17.9 Å². The van der Waals surface area contributed by atoms with Gasteiger partial charge in [-0.25, -0.2) is 14.6 Å². The fraction of sp³-hybridized carbons (Fsp3) is 0.296. The van der Waals surface area contributed by atoms with E-state index in [9.17, 15) is 0 Å². The minimum atomic E-state index is 0.229. The Balaban J connectivity index is 1.41. The summed E-state index contributed by atoms with van der Waals surface area (Å²) in [6, 6.07) is 14.6. The highest BCUT2D eigenvalue weighted by Gasteiger charge is 2.27. The zero-order chi connectivity index (χ0) is 23.5. The third kappa shape index (κ3) is 4.39. The number of methoxy groups -OCH3 is 2. The Labute approximate surface area is 199 Å². The summed E-state index contributed by atoms with van der Waals surface area (Å²) < 4.78 is 15.1. The van der Waals surface area contributed by atoms with Crippen LogP contribution in [0.25, 0.3) is 17.8 Å². The summed E-state index contributed by atoms with van der Waals surface area (Å²) in [5.74, 6) is 2.76. The maximum Gasteiger partial charge on any atom is 0.174 e. The third-order valence-electron chi connectivity index (χ3n) is 6.24. The van der Waals surface area contributed by atoms with E-state index in [0.717, 1.165) is 53.7 Å². The molecule has 0 amide bonds. The van der Waals surface area contributed by atoms with Crippen molar-refractivity contribution in [2.45, 2.75) is 38.8 Å². The maximum atomic E-state index is 5.63. The van der Waals surface area contributed by atoms with E-state index >= 15 is 0 Å². The molecule has 1 aliphatic heterocycles. The Morgan fingerprint density at radius 2 is 2.00 bits per heavy atom. The van der Waals surface area contributed by atoms with E-state index in [4.69, 9.17) is 19.6 Å². The van der Waals surface area contributed by atoms with Gasteiger partial charge in [0.25, 0.3) is 0 Å². The molecule has 174 valence electrons. The maximum absolute atomic E-state index is 5.63. The Morgan fingerprint density at radius 3 is 2.79 bits per heavy atom. The van der Waals surface area contributed by atoms with Gasteiger partial charge < -0.3 is 14.0 Å². The van der Waals surface area contributed by atoms with Crippen molar-refractivity contribution >= 4 is 12.2 Å². The van der Waals surface area contributed by atoms with E-state index < -0.39 is 0 Å². The van der Waals surface area contributed by atoms with Gasteiger partial charge in [-0.05, 0) is 54.7 Å². The first kappa shape index (κ1) is 22.1. The first-order chi connectivity index (χ1) is 16.7. The quantitative estimate of drug-likeness (QED) is 0.391. The SMILES string of the molecule is COCc1ccccc1[C@@H]1CCCn2nc(/C=C/c3ccc(-n4cnc(C)c4)c(OC)c3)nc21. The van der Waals surface area contributed by atoms with Gasteiger partial charge in [-0.15, -0.1) is 0 Å². The predicted octanol–water partition coefficient (Wildman–Crippen LogP) is 5.02. The summed E-state index contributed by atoms with van der Waals surface area (Å²) >= 11 is 0. The predicted molar refractivity (Wildman–Crippen MR) is 132 cm³/mol. The lowest BCUT2D eigenvalue weighted by Crippen LogP contribution is -2.19. The lowest BCUT2D eigenvalue weighted by atomic mass is 9.88. The topological polar surface area (TPSA) is 67.0 Å². The molecule has 0 spiro atoms. The van der Waals surface area contributed by atoms with Crippen molar-refractivity contribution in [2.24, 2.45) is 0 Å². The van der Waals surface area contributed by atoms with Gasteiger partial charge in [-0.3, -0.25) is 0 Å². The summed E-state index contributed by atoms with van der Waals surface area (Å²) in [5, 5.41) is 4.77. The monoisotopic (exact) mass is 455 g/mol. The molecule has 34 heavy (non-hydrogen) atoms. The van der Waals surface area contributed by atoms with Crippen molar-refractivity contribution in [1.82, 2.24) is 24.3 Å². The molecule has 0 saturated carbocycles. The smallest absolute Gasteiger partial charge is 0.174 e. The second-order valence-electron chi connectivity index (χ2n) is 8.56. The molecule has 5 rings (SSSR count). The second-order valence-corrected chi connectivity index (χ2v) is 8.56. The summed E-state index contributed by atoms with van der Waals surface area (Å²) in [6.07, 6.45) is 9.92. The molecule has 4 aromatic rings. The zero-order valence-electron chi connectivity index (χ0n) is 19.8. The van der Waals surface area contributed by atoms with Gasteiger partial charge in [-0.2, -0.15) is 5.10 Å². The summed E-state index contributed by atoms with van der Waals surface area (Å²) in [6.45, 7) is 3.47. The van der Waals surface area contributed by atoms with Crippen LogP contribution >= 0.6 is 0 Å². The molecule has 1 aliphatic rings.